The minimum atomic E-state index is -0.453. The number of ether oxygens (including phenoxy) is 1. The van der Waals surface area contributed by atoms with Crippen molar-refractivity contribution in [3.8, 4) is 5.75 Å². The Morgan fingerprint density at radius 3 is 2.50 bits per heavy atom. The van der Waals surface area contributed by atoms with E-state index in [0.717, 1.165) is 12.0 Å². The predicted molar refractivity (Wildman–Crippen MR) is 104 cm³/mol. The van der Waals surface area contributed by atoms with Gasteiger partial charge >= 0.3 is 0 Å². The molecule has 0 aromatic heterocycles. The van der Waals surface area contributed by atoms with Crippen LogP contribution in [-0.2, 0) is 0 Å². The van der Waals surface area contributed by atoms with Gasteiger partial charge in [-0.05, 0) is 24.0 Å². The number of nitrogens with one attached hydrogen (secondary N) is 1. The number of nitro benzene ring substituents is 2. The minimum Gasteiger partial charge on any atom is -0.494 e. The van der Waals surface area contributed by atoms with Crippen molar-refractivity contribution < 1.29 is 14.6 Å². The van der Waals surface area contributed by atoms with Crippen molar-refractivity contribution in [2.75, 3.05) is 12.4 Å². The van der Waals surface area contributed by atoms with Crippen molar-refractivity contribution in [2.24, 2.45) is 5.92 Å². The van der Waals surface area contributed by atoms with E-state index in [4.69, 9.17) is 16.3 Å². The molecule has 2 aliphatic rings. The number of fused-ring (bicyclic) bond motifs is 3. The highest BCUT2D eigenvalue weighted by Crippen LogP contribution is 2.54. The molecular weight excluding hydrogens is 386 g/mol. The first-order valence-electron chi connectivity index (χ1n) is 8.64. The van der Waals surface area contributed by atoms with Gasteiger partial charge in [0.15, 0.2) is 0 Å². The molecule has 0 amide bonds. The lowest BCUT2D eigenvalue weighted by Gasteiger charge is -2.38. The first-order chi connectivity index (χ1) is 13.4. The number of benzene rings is 2. The number of nitro groups is 2. The molecule has 0 unspecified atom stereocenters. The van der Waals surface area contributed by atoms with Crippen LogP contribution in [0.25, 0.3) is 0 Å². The molecule has 0 radical (unpaired) electrons. The second kappa shape index (κ2) is 6.79. The Hall–Kier alpha value is -3.13. The average molecular weight is 402 g/mol. The molecule has 0 spiro atoms. The topological polar surface area (TPSA) is 108 Å². The SMILES string of the molecule is COc1cc([N+](=O)[O-])cc2c1N[C@H](c1cc([N+](=O)[O-])ccc1Cl)[C@@H]1CC=C[C@H]21. The maximum absolute atomic E-state index is 11.3. The Balaban J connectivity index is 1.86. The minimum absolute atomic E-state index is 0.0266. The third-order valence-corrected chi connectivity index (χ3v) is 5.72. The van der Waals surface area contributed by atoms with Crippen molar-refractivity contribution in [1.29, 1.82) is 0 Å². The number of halogens is 1. The van der Waals surface area contributed by atoms with Gasteiger partial charge in [-0.15, -0.1) is 0 Å². The number of anilines is 1. The van der Waals surface area contributed by atoms with E-state index >= 15 is 0 Å². The third kappa shape index (κ3) is 2.86. The Morgan fingerprint density at radius 2 is 1.82 bits per heavy atom. The fourth-order valence-corrected chi connectivity index (χ4v) is 4.34. The monoisotopic (exact) mass is 401 g/mol. The molecule has 4 rings (SSSR count). The Kier molecular flexibility index (Phi) is 4.43. The number of methoxy groups -OCH3 is 1. The maximum Gasteiger partial charge on any atom is 0.273 e. The number of rotatable bonds is 4. The van der Waals surface area contributed by atoms with Crippen molar-refractivity contribution in [2.45, 2.75) is 18.4 Å². The number of hydrogen-bond acceptors (Lipinski definition) is 6. The molecule has 1 heterocycles. The van der Waals surface area contributed by atoms with E-state index in [1.54, 1.807) is 6.07 Å². The second-order valence-corrected chi connectivity index (χ2v) is 7.21. The summed E-state index contributed by atoms with van der Waals surface area (Å²) in [5.41, 5.74) is 1.98. The molecule has 9 heteroatoms. The van der Waals surface area contributed by atoms with Gasteiger partial charge in [0.05, 0.1) is 34.8 Å². The van der Waals surface area contributed by atoms with Gasteiger partial charge in [-0.3, -0.25) is 20.2 Å². The molecule has 2 aromatic rings. The molecule has 3 atom stereocenters. The van der Waals surface area contributed by atoms with Crippen LogP contribution >= 0.6 is 11.6 Å². The fourth-order valence-electron chi connectivity index (χ4n) is 4.11. The van der Waals surface area contributed by atoms with Crippen LogP contribution in [0.5, 0.6) is 5.75 Å². The van der Waals surface area contributed by atoms with Gasteiger partial charge in [0, 0.05) is 34.7 Å². The highest BCUT2D eigenvalue weighted by atomic mass is 35.5. The van der Waals surface area contributed by atoms with Gasteiger partial charge in [0.2, 0.25) is 0 Å². The summed E-state index contributed by atoms with van der Waals surface area (Å²) in [6.07, 6.45) is 4.77. The first kappa shape index (κ1) is 18.2. The highest BCUT2D eigenvalue weighted by Gasteiger charge is 2.41. The molecule has 1 aliphatic carbocycles. The molecular formula is C19H16ClN3O5. The summed E-state index contributed by atoms with van der Waals surface area (Å²) < 4.78 is 5.40. The van der Waals surface area contributed by atoms with E-state index in [-0.39, 0.29) is 29.3 Å². The van der Waals surface area contributed by atoms with Crippen molar-refractivity contribution in [3.63, 3.8) is 0 Å². The maximum atomic E-state index is 11.3. The van der Waals surface area contributed by atoms with E-state index in [9.17, 15) is 20.2 Å². The quantitative estimate of drug-likeness (QED) is 0.439. The normalized spacial score (nSPS) is 22.1. The van der Waals surface area contributed by atoms with Gasteiger partial charge in [-0.1, -0.05) is 23.8 Å². The van der Waals surface area contributed by atoms with E-state index in [2.05, 4.69) is 5.32 Å². The van der Waals surface area contributed by atoms with Crippen LogP contribution in [0.1, 0.15) is 29.5 Å². The van der Waals surface area contributed by atoms with Crippen LogP contribution in [0.15, 0.2) is 42.5 Å². The molecule has 0 bridgehead atoms. The van der Waals surface area contributed by atoms with Crippen molar-refractivity contribution in [3.05, 3.63) is 78.9 Å². The van der Waals surface area contributed by atoms with Crippen LogP contribution in [0, 0.1) is 26.1 Å². The van der Waals surface area contributed by atoms with Crippen LogP contribution < -0.4 is 10.1 Å². The Morgan fingerprint density at radius 1 is 1.11 bits per heavy atom. The molecule has 2 aromatic carbocycles. The predicted octanol–water partition coefficient (Wildman–Crippen LogP) is 4.99. The second-order valence-electron chi connectivity index (χ2n) is 6.81. The van der Waals surface area contributed by atoms with Crippen molar-refractivity contribution in [1.82, 2.24) is 0 Å². The molecule has 0 fully saturated rings. The third-order valence-electron chi connectivity index (χ3n) is 5.37. The molecule has 1 N–H and O–H groups in total. The molecule has 1 aliphatic heterocycles. The summed E-state index contributed by atoms with van der Waals surface area (Å²) in [6.45, 7) is 0. The molecule has 28 heavy (non-hydrogen) atoms. The van der Waals surface area contributed by atoms with E-state index in [0.29, 0.717) is 22.0 Å². The molecule has 0 saturated carbocycles. The highest BCUT2D eigenvalue weighted by molar-refractivity contribution is 6.31. The summed E-state index contributed by atoms with van der Waals surface area (Å²) in [7, 11) is 1.45. The zero-order chi connectivity index (χ0) is 20.0. The number of nitrogens with zero attached hydrogens (tertiary/aromatic N) is 2. The van der Waals surface area contributed by atoms with Gasteiger partial charge in [0.1, 0.15) is 5.75 Å². The number of hydrogen-bond donors (Lipinski definition) is 1. The fraction of sp³-hybridized carbons (Fsp3) is 0.263. The Labute approximate surface area is 165 Å². The number of allylic oxidation sites excluding steroid dienone is 2. The summed E-state index contributed by atoms with van der Waals surface area (Å²) in [4.78, 5) is 21.6. The average Bonchev–Trinajstić information content (AvgIpc) is 3.17. The summed E-state index contributed by atoms with van der Waals surface area (Å²) >= 11 is 6.39. The smallest absolute Gasteiger partial charge is 0.273 e. The first-order valence-corrected chi connectivity index (χ1v) is 9.02. The van der Waals surface area contributed by atoms with Crippen LogP contribution in [0.3, 0.4) is 0 Å². The largest absolute Gasteiger partial charge is 0.494 e. The van der Waals surface area contributed by atoms with Crippen LogP contribution in [-0.4, -0.2) is 17.0 Å². The zero-order valence-corrected chi connectivity index (χ0v) is 15.6. The molecule has 0 saturated heterocycles. The number of non-ortho nitro benzene ring substituents is 2. The molecule has 8 nitrogen and oxygen atoms in total. The van der Waals surface area contributed by atoms with Crippen LogP contribution in [0.4, 0.5) is 17.1 Å². The lowest BCUT2D eigenvalue weighted by atomic mass is 9.76. The van der Waals surface area contributed by atoms with E-state index in [1.165, 1.54) is 31.4 Å². The molecule has 144 valence electrons. The Bertz CT molecular complexity index is 1020. The van der Waals surface area contributed by atoms with Gasteiger partial charge in [0.25, 0.3) is 11.4 Å². The van der Waals surface area contributed by atoms with Gasteiger partial charge in [-0.2, -0.15) is 0 Å². The lowest BCUT2D eigenvalue weighted by molar-refractivity contribution is -0.385. The lowest BCUT2D eigenvalue weighted by Crippen LogP contribution is -2.29. The summed E-state index contributed by atoms with van der Waals surface area (Å²) in [6, 6.07) is 7.02. The van der Waals surface area contributed by atoms with Gasteiger partial charge < -0.3 is 10.1 Å². The van der Waals surface area contributed by atoms with E-state index in [1.807, 2.05) is 12.2 Å². The van der Waals surface area contributed by atoms with Crippen LogP contribution in [0.2, 0.25) is 5.02 Å². The van der Waals surface area contributed by atoms with Crippen molar-refractivity contribution >= 4 is 28.7 Å². The summed E-state index contributed by atoms with van der Waals surface area (Å²) in [5, 5.41) is 26.3. The standard InChI is InChI=1S/C19H16ClN3O5/c1-28-17-9-11(23(26)27)8-14-12-3-2-4-13(12)18(21-19(14)17)15-7-10(22(24)25)5-6-16(15)20/h2-3,5-9,12-13,18,21H,4H2,1H3/t12-,13+,18-/m0/s1. The zero-order valence-electron chi connectivity index (χ0n) is 14.8. The van der Waals surface area contributed by atoms with E-state index < -0.39 is 9.85 Å². The summed E-state index contributed by atoms with van der Waals surface area (Å²) in [5.74, 6) is 0.304. The van der Waals surface area contributed by atoms with Gasteiger partial charge in [-0.25, -0.2) is 0 Å².